The van der Waals surface area contributed by atoms with Crippen molar-refractivity contribution >= 4 is 34.0 Å². The lowest BCUT2D eigenvalue weighted by Crippen LogP contribution is -2.28. The summed E-state index contributed by atoms with van der Waals surface area (Å²) in [6, 6.07) is 20.9. The van der Waals surface area contributed by atoms with E-state index in [4.69, 9.17) is 25.9 Å². The summed E-state index contributed by atoms with van der Waals surface area (Å²) in [5.74, 6) is 2.06. The lowest BCUT2D eigenvalue weighted by Gasteiger charge is -2.12. The van der Waals surface area contributed by atoms with Crippen molar-refractivity contribution in [3.05, 3.63) is 101 Å². The fourth-order valence-corrected chi connectivity index (χ4v) is 4.24. The van der Waals surface area contributed by atoms with Crippen LogP contribution in [-0.4, -0.2) is 33.0 Å². The van der Waals surface area contributed by atoms with Gasteiger partial charge in [-0.2, -0.15) is 0 Å². The van der Waals surface area contributed by atoms with Gasteiger partial charge in [0.05, 0.1) is 17.1 Å². The largest absolute Gasteiger partial charge is 0.487 e. The minimum atomic E-state index is -0.808. The van der Waals surface area contributed by atoms with Gasteiger partial charge in [0.25, 0.3) is 0 Å². The van der Waals surface area contributed by atoms with Gasteiger partial charge in [-0.25, -0.2) is 14.4 Å². The molecule has 1 atom stereocenters. The van der Waals surface area contributed by atoms with Gasteiger partial charge >= 0.3 is 0 Å². The predicted octanol–water partition coefficient (Wildman–Crippen LogP) is 5.80. The number of nitrogens with zero attached hydrogens (tertiary/aromatic N) is 2. The highest BCUT2D eigenvalue weighted by Gasteiger charge is 2.12. The van der Waals surface area contributed by atoms with E-state index in [9.17, 15) is 9.50 Å². The molecule has 4 N–H and O–H groups in total. The van der Waals surface area contributed by atoms with Crippen molar-refractivity contribution < 1.29 is 23.8 Å². The number of benzene rings is 3. The van der Waals surface area contributed by atoms with Crippen LogP contribution < -0.4 is 15.4 Å². The highest BCUT2D eigenvalue weighted by molar-refractivity contribution is 6.32. The molecule has 0 amide bonds. The van der Waals surface area contributed by atoms with Crippen LogP contribution in [0.15, 0.2) is 83.5 Å². The number of hydrogen-bond acceptors (Lipinski definition) is 8. The first-order valence-electron chi connectivity index (χ1n) is 12.3. The Balaban J connectivity index is 1.31. The Morgan fingerprint density at radius 3 is 2.74 bits per heavy atom. The third-order valence-corrected chi connectivity index (χ3v) is 6.27. The quantitative estimate of drug-likeness (QED) is 0.153. The number of fused-ring (bicyclic) bond motifs is 1. The first-order valence-corrected chi connectivity index (χ1v) is 12.7. The molecule has 2 heterocycles. The third kappa shape index (κ3) is 6.71. The molecule has 8 nitrogen and oxygen atoms in total. The number of aliphatic hydroxyl groups excluding tert-OH is 2. The summed E-state index contributed by atoms with van der Waals surface area (Å²) in [5, 5.41) is 26.1. The molecule has 0 fully saturated rings. The van der Waals surface area contributed by atoms with E-state index in [0.29, 0.717) is 45.9 Å². The van der Waals surface area contributed by atoms with Gasteiger partial charge in [-0.1, -0.05) is 23.7 Å². The van der Waals surface area contributed by atoms with E-state index >= 15 is 0 Å². The fraction of sp³-hybridized carbons (Fsp3) is 0.172. The molecule has 0 bridgehead atoms. The molecule has 2 aromatic heterocycles. The van der Waals surface area contributed by atoms with Crippen LogP contribution in [0, 0.1) is 5.82 Å². The first kappa shape index (κ1) is 26.6. The zero-order chi connectivity index (χ0) is 27.2. The lowest BCUT2D eigenvalue weighted by molar-refractivity contribution is 0.0991. The first-order chi connectivity index (χ1) is 19.0. The molecule has 0 spiro atoms. The Bertz CT molecular complexity index is 1580. The maximum atomic E-state index is 13.4. The number of nitrogens with one attached hydrogen (secondary N) is 2. The molecule has 0 aliphatic carbocycles. The second-order valence-electron chi connectivity index (χ2n) is 8.82. The molecular weight excluding hydrogens is 523 g/mol. The van der Waals surface area contributed by atoms with Crippen LogP contribution in [0.4, 0.5) is 15.9 Å². The number of rotatable bonds is 11. The summed E-state index contributed by atoms with van der Waals surface area (Å²) in [6.07, 6.45) is 0.915. The van der Waals surface area contributed by atoms with Crippen LogP contribution in [-0.2, 0) is 13.2 Å². The van der Waals surface area contributed by atoms with E-state index in [1.54, 1.807) is 24.3 Å². The minimum Gasteiger partial charge on any atom is -0.487 e. The van der Waals surface area contributed by atoms with Crippen LogP contribution in [0.3, 0.4) is 0 Å². The average Bonchev–Trinajstić information content (AvgIpc) is 3.41. The predicted molar refractivity (Wildman–Crippen MR) is 147 cm³/mol. The molecule has 0 radical (unpaired) electrons. The van der Waals surface area contributed by atoms with Gasteiger partial charge in [-0.15, -0.1) is 0 Å². The average molecular weight is 549 g/mol. The van der Waals surface area contributed by atoms with E-state index in [-0.39, 0.29) is 25.5 Å². The molecule has 39 heavy (non-hydrogen) atoms. The number of hydrogen-bond donors (Lipinski definition) is 4. The van der Waals surface area contributed by atoms with Crippen LogP contribution in [0.25, 0.3) is 22.2 Å². The van der Waals surface area contributed by atoms with Gasteiger partial charge in [0.1, 0.15) is 48.1 Å². The highest BCUT2D eigenvalue weighted by Crippen LogP contribution is 2.32. The van der Waals surface area contributed by atoms with Crippen LogP contribution in [0.2, 0.25) is 5.02 Å². The summed E-state index contributed by atoms with van der Waals surface area (Å²) in [5.41, 5.74) is 2.99. The van der Waals surface area contributed by atoms with Gasteiger partial charge in [0, 0.05) is 29.7 Å². The molecule has 1 unspecified atom stereocenters. The van der Waals surface area contributed by atoms with E-state index in [1.807, 2.05) is 36.4 Å². The van der Waals surface area contributed by atoms with Crippen molar-refractivity contribution in [1.82, 2.24) is 15.3 Å². The second kappa shape index (κ2) is 12.2. The standard InChI is InChI=1S/C29H26ClFN4O4/c30-24-14-21(5-8-27(24)38-16-18-2-1-3-20(31)12-18)35-29-23-13-19(4-7-25(23)33-17-34-29)26-9-6-22(39-26)15-32-28(37)10-11-36/h1-9,12-14,17,28,32,36-37H,10-11,15-16H2,(H,33,34,35). The van der Waals surface area contributed by atoms with Crippen LogP contribution in [0.5, 0.6) is 5.75 Å². The molecular formula is C29H26ClFN4O4. The van der Waals surface area contributed by atoms with Crippen molar-refractivity contribution in [3.8, 4) is 17.1 Å². The van der Waals surface area contributed by atoms with E-state index in [0.717, 1.165) is 16.5 Å². The van der Waals surface area contributed by atoms with Crippen LogP contribution in [0.1, 0.15) is 17.7 Å². The molecule has 200 valence electrons. The second-order valence-corrected chi connectivity index (χ2v) is 9.23. The SMILES string of the molecule is OCCC(O)NCc1ccc(-c2ccc3ncnc(Nc4ccc(OCc5cccc(F)c5)c(Cl)c4)c3c2)o1. The smallest absolute Gasteiger partial charge is 0.141 e. The van der Waals surface area contributed by atoms with Gasteiger partial charge < -0.3 is 24.7 Å². The Morgan fingerprint density at radius 1 is 1.03 bits per heavy atom. The van der Waals surface area contributed by atoms with Crippen molar-refractivity contribution in [3.63, 3.8) is 0 Å². The molecule has 5 aromatic rings. The topological polar surface area (TPSA) is 113 Å². The third-order valence-electron chi connectivity index (χ3n) is 5.97. The van der Waals surface area contributed by atoms with Crippen molar-refractivity contribution in [1.29, 1.82) is 0 Å². The monoisotopic (exact) mass is 548 g/mol. The Morgan fingerprint density at radius 2 is 1.92 bits per heavy atom. The van der Waals surface area contributed by atoms with E-state index < -0.39 is 6.23 Å². The number of aromatic nitrogens is 2. The van der Waals surface area contributed by atoms with E-state index in [1.165, 1.54) is 18.5 Å². The molecule has 0 aliphatic heterocycles. The Kier molecular flexibility index (Phi) is 8.33. The summed E-state index contributed by atoms with van der Waals surface area (Å²) >= 11 is 6.46. The molecule has 0 aliphatic rings. The van der Waals surface area contributed by atoms with Gasteiger partial charge in [0.15, 0.2) is 0 Å². The zero-order valence-electron chi connectivity index (χ0n) is 20.8. The normalized spacial score (nSPS) is 12.0. The Hall–Kier alpha value is -4.02. The molecule has 0 saturated carbocycles. The van der Waals surface area contributed by atoms with Crippen molar-refractivity contribution in [2.24, 2.45) is 0 Å². The number of aliphatic hydroxyl groups is 2. The number of halogens is 2. The molecule has 0 saturated heterocycles. The summed E-state index contributed by atoms with van der Waals surface area (Å²) in [7, 11) is 0. The molecule has 5 rings (SSSR count). The lowest BCUT2D eigenvalue weighted by atomic mass is 10.1. The number of furan rings is 1. The highest BCUT2D eigenvalue weighted by atomic mass is 35.5. The number of ether oxygens (including phenoxy) is 1. The number of anilines is 2. The van der Waals surface area contributed by atoms with Crippen LogP contribution >= 0.6 is 11.6 Å². The maximum absolute atomic E-state index is 13.4. The van der Waals surface area contributed by atoms with Crippen molar-refractivity contribution in [2.45, 2.75) is 25.8 Å². The zero-order valence-corrected chi connectivity index (χ0v) is 21.5. The van der Waals surface area contributed by atoms with Gasteiger partial charge in [0.2, 0.25) is 0 Å². The van der Waals surface area contributed by atoms with Crippen molar-refractivity contribution in [2.75, 3.05) is 11.9 Å². The van der Waals surface area contributed by atoms with Gasteiger partial charge in [-0.05, 0) is 66.2 Å². The summed E-state index contributed by atoms with van der Waals surface area (Å²) < 4.78 is 25.1. The van der Waals surface area contributed by atoms with Gasteiger partial charge in [-0.3, -0.25) is 5.32 Å². The minimum absolute atomic E-state index is 0.103. The summed E-state index contributed by atoms with van der Waals surface area (Å²) in [6.45, 7) is 0.415. The summed E-state index contributed by atoms with van der Waals surface area (Å²) in [4.78, 5) is 8.79. The Labute approximate surface area is 229 Å². The maximum Gasteiger partial charge on any atom is 0.141 e. The van der Waals surface area contributed by atoms with E-state index in [2.05, 4.69) is 20.6 Å². The molecule has 3 aromatic carbocycles. The fourth-order valence-electron chi connectivity index (χ4n) is 4.00. The molecule has 10 heteroatoms.